The van der Waals surface area contributed by atoms with Gasteiger partial charge in [-0.1, -0.05) is 6.92 Å². The number of carbonyl (C=O) groups is 1. The molecule has 0 saturated carbocycles. The molecule has 1 saturated heterocycles. The first kappa shape index (κ1) is 13.7. The fraction of sp³-hybridized carbons (Fsp3) is 0.889. The molecule has 1 amide bonds. The molecule has 0 radical (unpaired) electrons. The van der Waals surface area contributed by atoms with Crippen molar-refractivity contribution in [3.05, 3.63) is 0 Å². The third-order valence-corrected chi connectivity index (χ3v) is 2.49. The molecule has 1 aliphatic heterocycles. The van der Waals surface area contributed by atoms with Gasteiger partial charge in [0.05, 0.1) is 0 Å². The molecule has 1 fully saturated rings. The zero-order valence-corrected chi connectivity index (χ0v) is 9.40. The van der Waals surface area contributed by atoms with Crippen LogP contribution in [0.2, 0.25) is 0 Å². The summed E-state index contributed by atoms with van der Waals surface area (Å²) in [6, 6.07) is 0.350. The van der Waals surface area contributed by atoms with Crippen LogP contribution in [0, 0.1) is 5.92 Å². The predicted octanol–water partition coefficient (Wildman–Crippen LogP) is -0.129. The van der Waals surface area contributed by atoms with Gasteiger partial charge in [0, 0.05) is 18.5 Å². The van der Waals surface area contributed by atoms with Gasteiger partial charge in [-0.25, -0.2) is 0 Å². The standard InChI is InChI=1S/C9H19N3O.ClH/c1-7(6-10)9(13)12-8-2-4-11-5-3-8;/h7-8,11H,2-6,10H2,1H3,(H,12,13);1H. The van der Waals surface area contributed by atoms with Crippen molar-refractivity contribution in [1.29, 1.82) is 0 Å². The van der Waals surface area contributed by atoms with Crippen LogP contribution in [0.15, 0.2) is 0 Å². The number of carbonyl (C=O) groups excluding carboxylic acids is 1. The fourth-order valence-corrected chi connectivity index (χ4v) is 1.42. The molecule has 5 heteroatoms. The molecule has 1 heterocycles. The Hall–Kier alpha value is -0.320. The second-order valence-electron chi connectivity index (χ2n) is 3.67. The number of rotatable bonds is 3. The van der Waals surface area contributed by atoms with E-state index >= 15 is 0 Å². The van der Waals surface area contributed by atoms with Gasteiger partial charge in [-0.05, 0) is 25.9 Å². The molecule has 0 aromatic carbocycles. The van der Waals surface area contributed by atoms with Crippen LogP contribution in [0.4, 0.5) is 0 Å². The molecule has 1 atom stereocenters. The highest BCUT2D eigenvalue weighted by Crippen LogP contribution is 2.03. The van der Waals surface area contributed by atoms with E-state index in [9.17, 15) is 4.79 Å². The molecule has 4 N–H and O–H groups in total. The highest BCUT2D eigenvalue weighted by Gasteiger charge is 2.17. The number of piperidine rings is 1. The van der Waals surface area contributed by atoms with Gasteiger partial charge in [0.25, 0.3) is 0 Å². The van der Waals surface area contributed by atoms with E-state index in [2.05, 4.69) is 10.6 Å². The molecule has 1 rings (SSSR count). The van der Waals surface area contributed by atoms with E-state index in [-0.39, 0.29) is 24.2 Å². The van der Waals surface area contributed by atoms with Crippen molar-refractivity contribution in [1.82, 2.24) is 10.6 Å². The summed E-state index contributed by atoms with van der Waals surface area (Å²) in [7, 11) is 0. The summed E-state index contributed by atoms with van der Waals surface area (Å²) in [4.78, 5) is 11.4. The Morgan fingerprint density at radius 3 is 2.64 bits per heavy atom. The van der Waals surface area contributed by atoms with Crippen LogP contribution in [0.1, 0.15) is 19.8 Å². The first-order valence-corrected chi connectivity index (χ1v) is 4.95. The van der Waals surface area contributed by atoms with E-state index in [0.717, 1.165) is 25.9 Å². The van der Waals surface area contributed by atoms with Gasteiger partial charge < -0.3 is 16.4 Å². The van der Waals surface area contributed by atoms with E-state index in [1.54, 1.807) is 0 Å². The third kappa shape index (κ3) is 4.26. The number of hydrogen-bond donors (Lipinski definition) is 3. The molecule has 0 spiro atoms. The van der Waals surface area contributed by atoms with E-state index in [1.165, 1.54) is 0 Å². The molecular weight excluding hydrogens is 202 g/mol. The van der Waals surface area contributed by atoms with Gasteiger partial charge in [-0.15, -0.1) is 12.4 Å². The van der Waals surface area contributed by atoms with Crippen molar-refractivity contribution in [2.24, 2.45) is 11.7 Å². The van der Waals surface area contributed by atoms with Crippen molar-refractivity contribution in [2.75, 3.05) is 19.6 Å². The van der Waals surface area contributed by atoms with Gasteiger partial charge in [-0.2, -0.15) is 0 Å². The summed E-state index contributed by atoms with van der Waals surface area (Å²) in [5.41, 5.74) is 5.40. The van der Waals surface area contributed by atoms with Gasteiger partial charge >= 0.3 is 0 Å². The highest BCUT2D eigenvalue weighted by atomic mass is 35.5. The van der Waals surface area contributed by atoms with Gasteiger partial charge in [0.1, 0.15) is 0 Å². The van der Waals surface area contributed by atoms with Crippen molar-refractivity contribution in [2.45, 2.75) is 25.8 Å². The molecule has 0 bridgehead atoms. The van der Waals surface area contributed by atoms with Gasteiger partial charge in [0.2, 0.25) is 5.91 Å². The smallest absolute Gasteiger partial charge is 0.224 e. The van der Waals surface area contributed by atoms with Crippen LogP contribution in [-0.4, -0.2) is 31.6 Å². The van der Waals surface area contributed by atoms with Gasteiger partial charge in [-0.3, -0.25) is 4.79 Å². The zero-order valence-electron chi connectivity index (χ0n) is 8.58. The summed E-state index contributed by atoms with van der Waals surface area (Å²) in [6.45, 7) is 4.29. The Bertz CT molecular complexity index is 171. The molecule has 1 unspecified atom stereocenters. The Morgan fingerprint density at radius 2 is 2.14 bits per heavy atom. The minimum Gasteiger partial charge on any atom is -0.353 e. The maximum atomic E-state index is 11.4. The molecule has 1 aliphatic rings. The minimum absolute atomic E-state index is 0. The second-order valence-corrected chi connectivity index (χ2v) is 3.67. The highest BCUT2D eigenvalue weighted by molar-refractivity contribution is 5.85. The largest absolute Gasteiger partial charge is 0.353 e. The maximum Gasteiger partial charge on any atom is 0.224 e. The lowest BCUT2D eigenvalue weighted by Gasteiger charge is -2.24. The van der Waals surface area contributed by atoms with E-state index in [1.807, 2.05) is 6.92 Å². The Morgan fingerprint density at radius 1 is 1.57 bits per heavy atom. The number of nitrogens with two attached hydrogens (primary N) is 1. The average molecular weight is 222 g/mol. The number of hydrogen-bond acceptors (Lipinski definition) is 3. The monoisotopic (exact) mass is 221 g/mol. The lowest BCUT2D eigenvalue weighted by atomic mass is 10.1. The summed E-state index contributed by atoms with van der Waals surface area (Å²) in [5.74, 6) is 0.0317. The van der Waals surface area contributed by atoms with E-state index in [0.29, 0.717) is 12.6 Å². The van der Waals surface area contributed by atoms with Crippen LogP contribution in [0.25, 0.3) is 0 Å². The van der Waals surface area contributed by atoms with Crippen molar-refractivity contribution in [3.8, 4) is 0 Å². The fourth-order valence-electron chi connectivity index (χ4n) is 1.42. The Balaban J connectivity index is 0.00000169. The molecule has 4 nitrogen and oxygen atoms in total. The van der Waals surface area contributed by atoms with E-state index in [4.69, 9.17) is 5.73 Å². The molecule has 0 aliphatic carbocycles. The molecular formula is C9H20ClN3O. The summed E-state index contributed by atoms with van der Waals surface area (Å²) in [6.07, 6.45) is 2.06. The SMILES string of the molecule is CC(CN)C(=O)NC1CCNCC1.Cl. The van der Waals surface area contributed by atoms with Crippen LogP contribution in [0.5, 0.6) is 0 Å². The van der Waals surface area contributed by atoms with Gasteiger partial charge in [0.15, 0.2) is 0 Å². The van der Waals surface area contributed by atoms with Crippen molar-refractivity contribution >= 4 is 18.3 Å². The zero-order chi connectivity index (χ0) is 9.68. The normalized spacial score (nSPS) is 19.6. The molecule has 0 aromatic rings. The van der Waals surface area contributed by atoms with Crippen LogP contribution in [-0.2, 0) is 4.79 Å². The summed E-state index contributed by atoms with van der Waals surface area (Å²) < 4.78 is 0. The number of amides is 1. The van der Waals surface area contributed by atoms with Crippen LogP contribution in [0.3, 0.4) is 0 Å². The van der Waals surface area contributed by atoms with Crippen LogP contribution < -0.4 is 16.4 Å². The quantitative estimate of drug-likeness (QED) is 0.622. The first-order valence-electron chi connectivity index (χ1n) is 4.95. The van der Waals surface area contributed by atoms with Crippen molar-refractivity contribution in [3.63, 3.8) is 0 Å². The molecule has 0 aromatic heterocycles. The number of halogens is 1. The number of nitrogens with one attached hydrogen (secondary N) is 2. The average Bonchev–Trinajstić information content (AvgIpc) is 2.18. The summed E-state index contributed by atoms with van der Waals surface area (Å²) in [5, 5.41) is 6.27. The predicted molar refractivity (Wildman–Crippen MR) is 59.5 cm³/mol. The Labute approximate surface area is 91.4 Å². The first-order chi connectivity index (χ1) is 6.24. The second kappa shape index (κ2) is 7.04. The topological polar surface area (TPSA) is 67.2 Å². The third-order valence-electron chi connectivity index (χ3n) is 2.49. The van der Waals surface area contributed by atoms with Crippen LogP contribution >= 0.6 is 12.4 Å². The Kier molecular flexibility index (Phi) is 6.87. The lowest BCUT2D eigenvalue weighted by molar-refractivity contribution is -0.125. The molecule has 14 heavy (non-hydrogen) atoms. The summed E-state index contributed by atoms with van der Waals surface area (Å²) >= 11 is 0. The lowest BCUT2D eigenvalue weighted by Crippen LogP contribution is -2.45. The van der Waals surface area contributed by atoms with Crippen molar-refractivity contribution < 1.29 is 4.79 Å². The molecule has 84 valence electrons. The minimum atomic E-state index is -0.0603. The van der Waals surface area contributed by atoms with E-state index < -0.39 is 0 Å². The maximum absolute atomic E-state index is 11.4.